The molecule has 0 bridgehead atoms. The van der Waals surface area contributed by atoms with Crippen molar-refractivity contribution < 1.29 is 14.3 Å². The number of hydrogen-bond acceptors (Lipinski definition) is 6. The van der Waals surface area contributed by atoms with Gasteiger partial charge in [0.2, 0.25) is 5.95 Å². The van der Waals surface area contributed by atoms with Gasteiger partial charge in [-0.25, -0.2) is 4.68 Å². The van der Waals surface area contributed by atoms with Crippen LogP contribution in [0.1, 0.15) is 29.7 Å². The fourth-order valence-electron chi connectivity index (χ4n) is 4.36. The van der Waals surface area contributed by atoms with E-state index in [1.54, 1.807) is 23.9 Å². The molecule has 0 saturated carbocycles. The maximum absolute atomic E-state index is 13.6. The van der Waals surface area contributed by atoms with Crippen molar-refractivity contribution in [2.45, 2.75) is 26.5 Å². The van der Waals surface area contributed by atoms with Gasteiger partial charge in [-0.2, -0.15) is 10.1 Å². The molecule has 3 aromatic carbocycles. The molecule has 4 aromatic rings. The van der Waals surface area contributed by atoms with E-state index in [0.29, 0.717) is 38.8 Å². The molecular formula is C28H25Cl2N5O3. The smallest absolute Gasteiger partial charge is 0.255 e. The molecule has 1 unspecified atom stereocenters. The highest BCUT2D eigenvalue weighted by atomic mass is 35.5. The van der Waals surface area contributed by atoms with Gasteiger partial charge in [0.05, 0.1) is 22.7 Å². The lowest BCUT2D eigenvalue weighted by Crippen LogP contribution is -2.31. The summed E-state index contributed by atoms with van der Waals surface area (Å²) in [6.45, 7) is 4.07. The van der Waals surface area contributed by atoms with Crippen molar-refractivity contribution in [1.29, 1.82) is 0 Å². The monoisotopic (exact) mass is 549 g/mol. The molecule has 0 saturated heterocycles. The predicted molar refractivity (Wildman–Crippen MR) is 148 cm³/mol. The summed E-state index contributed by atoms with van der Waals surface area (Å²) >= 11 is 12.2. The molecule has 8 nitrogen and oxygen atoms in total. The highest BCUT2D eigenvalue weighted by Crippen LogP contribution is 2.39. The van der Waals surface area contributed by atoms with Crippen LogP contribution in [-0.2, 0) is 11.4 Å². The highest BCUT2D eigenvalue weighted by Gasteiger charge is 2.34. The van der Waals surface area contributed by atoms with Crippen LogP contribution in [0, 0.1) is 6.92 Å². The predicted octanol–water partition coefficient (Wildman–Crippen LogP) is 6.41. The van der Waals surface area contributed by atoms with Crippen molar-refractivity contribution in [1.82, 2.24) is 14.8 Å². The summed E-state index contributed by atoms with van der Waals surface area (Å²) in [6.07, 6.45) is 1.46. The third-order valence-electron chi connectivity index (χ3n) is 6.31. The number of para-hydroxylation sites is 1. The number of fused-ring (bicyclic) bond motifs is 1. The molecule has 0 spiro atoms. The molecule has 1 amide bonds. The topological polar surface area (TPSA) is 90.3 Å². The normalized spacial score (nSPS) is 14.5. The Bertz CT molecular complexity index is 1550. The third-order valence-corrected chi connectivity index (χ3v) is 7.05. The summed E-state index contributed by atoms with van der Waals surface area (Å²) in [7, 11) is 1.57. The summed E-state index contributed by atoms with van der Waals surface area (Å²) in [5.41, 5.74) is 4.55. The number of hydrogen-bond donors (Lipinski definition) is 2. The Kier molecular flexibility index (Phi) is 7.26. The number of anilines is 2. The molecule has 1 aliphatic heterocycles. The van der Waals surface area contributed by atoms with Crippen LogP contribution in [0.15, 0.2) is 78.3 Å². The number of nitrogens with zero attached hydrogens (tertiary/aromatic N) is 3. The second-order valence-corrected chi connectivity index (χ2v) is 9.63. The zero-order chi connectivity index (χ0) is 26.8. The van der Waals surface area contributed by atoms with Crippen LogP contribution in [0.2, 0.25) is 10.0 Å². The summed E-state index contributed by atoms with van der Waals surface area (Å²) in [6, 6.07) is 18.0. The van der Waals surface area contributed by atoms with Gasteiger partial charge < -0.3 is 20.1 Å². The Morgan fingerprint density at radius 3 is 2.63 bits per heavy atom. The van der Waals surface area contributed by atoms with Gasteiger partial charge in [-0.05, 0) is 60.9 Å². The van der Waals surface area contributed by atoms with Crippen LogP contribution < -0.4 is 20.1 Å². The van der Waals surface area contributed by atoms with Crippen molar-refractivity contribution in [2.75, 3.05) is 17.7 Å². The average molecular weight is 550 g/mol. The summed E-state index contributed by atoms with van der Waals surface area (Å²) < 4.78 is 13.4. The zero-order valence-corrected chi connectivity index (χ0v) is 22.5. The van der Waals surface area contributed by atoms with Crippen LogP contribution >= 0.6 is 23.2 Å². The number of ether oxygens (including phenoxy) is 2. The van der Waals surface area contributed by atoms with Crippen LogP contribution in [0.5, 0.6) is 11.5 Å². The van der Waals surface area contributed by atoms with E-state index < -0.39 is 6.04 Å². The van der Waals surface area contributed by atoms with E-state index in [-0.39, 0.29) is 12.5 Å². The maximum Gasteiger partial charge on any atom is 0.255 e. The first-order chi connectivity index (χ1) is 18.4. The number of carbonyl (C=O) groups is 1. The third kappa shape index (κ3) is 5.05. The van der Waals surface area contributed by atoms with E-state index >= 15 is 0 Å². The molecule has 38 heavy (non-hydrogen) atoms. The average Bonchev–Trinajstić information content (AvgIpc) is 3.37. The molecule has 1 aromatic heterocycles. The van der Waals surface area contributed by atoms with Gasteiger partial charge in [0.15, 0.2) is 11.5 Å². The zero-order valence-electron chi connectivity index (χ0n) is 21.0. The van der Waals surface area contributed by atoms with E-state index in [0.717, 1.165) is 22.4 Å². The first-order valence-electron chi connectivity index (χ1n) is 11.8. The Balaban J connectivity index is 1.47. The van der Waals surface area contributed by atoms with Gasteiger partial charge in [-0.1, -0.05) is 53.5 Å². The summed E-state index contributed by atoms with van der Waals surface area (Å²) in [5, 5.41) is 11.6. The van der Waals surface area contributed by atoms with Crippen LogP contribution in [-0.4, -0.2) is 27.8 Å². The van der Waals surface area contributed by atoms with Crippen LogP contribution in [0.4, 0.5) is 11.6 Å². The molecule has 0 radical (unpaired) electrons. The second-order valence-electron chi connectivity index (χ2n) is 8.81. The number of carbonyl (C=O) groups excluding carboxylic acids is 1. The number of allylic oxidation sites excluding steroid dienone is 1. The van der Waals surface area contributed by atoms with Gasteiger partial charge >= 0.3 is 0 Å². The van der Waals surface area contributed by atoms with Crippen LogP contribution in [0.3, 0.4) is 0 Å². The number of benzene rings is 3. The van der Waals surface area contributed by atoms with Crippen molar-refractivity contribution in [3.63, 3.8) is 0 Å². The van der Waals surface area contributed by atoms with Gasteiger partial charge in [-0.3, -0.25) is 4.79 Å². The van der Waals surface area contributed by atoms with E-state index in [1.807, 2.05) is 62.4 Å². The fraction of sp³-hybridized carbons (Fsp3) is 0.179. The lowest BCUT2D eigenvalue weighted by atomic mass is 9.94. The molecule has 1 aliphatic rings. The lowest BCUT2D eigenvalue weighted by molar-refractivity contribution is -0.113. The lowest BCUT2D eigenvalue weighted by Gasteiger charge is -2.29. The van der Waals surface area contributed by atoms with Crippen molar-refractivity contribution in [3.8, 4) is 11.5 Å². The van der Waals surface area contributed by atoms with E-state index in [2.05, 4.69) is 20.7 Å². The quantitative estimate of drug-likeness (QED) is 0.277. The molecule has 194 valence electrons. The van der Waals surface area contributed by atoms with E-state index in [9.17, 15) is 4.79 Å². The molecule has 2 N–H and O–H groups in total. The van der Waals surface area contributed by atoms with Crippen LogP contribution in [0.25, 0.3) is 0 Å². The van der Waals surface area contributed by atoms with Gasteiger partial charge in [0.1, 0.15) is 19.0 Å². The Morgan fingerprint density at radius 1 is 1.05 bits per heavy atom. The number of aryl methyl sites for hydroxylation is 1. The van der Waals surface area contributed by atoms with Gasteiger partial charge in [0.25, 0.3) is 5.91 Å². The Labute approximate surface area is 230 Å². The largest absolute Gasteiger partial charge is 0.493 e. The number of nitrogens with one attached hydrogen (secondary N) is 2. The first-order valence-corrected chi connectivity index (χ1v) is 12.6. The molecule has 1 atom stereocenters. The first kappa shape index (κ1) is 25.6. The van der Waals surface area contributed by atoms with Crippen molar-refractivity contribution in [3.05, 3.63) is 105 Å². The molecule has 10 heteroatoms. The second kappa shape index (κ2) is 10.8. The number of methoxy groups -OCH3 is 1. The molecule has 0 aliphatic carbocycles. The highest BCUT2D eigenvalue weighted by molar-refractivity contribution is 6.42. The minimum Gasteiger partial charge on any atom is -0.493 e. The molecular weight excluding hydrogens is 525 g/mol. The van der Waals surface area contributed by atoms with E-state index in [1.165, 1.54) is 6.33 Å². The summed E-state index contributed by atoms with van der Waals surface area (Å²) in [5.74, 6) is 1.36. The SMILES string of the molecule is COc1cc(C2C(C(=O)Nc3ccccc3C)=C(C)Nc3ncnn32)ccc1OCc1ccc(Cl)c(Cl)c1. The Morgan fingerprint density at radius 2 is 1.87 bits per heavy atom. The van der Waals surface area contributed by atoms with Gasteiger partial charge in [0, 0.05) is 11.4 Å². The van der Waals surface area contributed by atoms with Crippen molar-refractivity contribution >= 4 is 40.7 Å². The number of halogens is 2. The minimum atomic E-state index is -0.546. The maximum atomic E-state index is 13.6. The molecule has 2 heterocycles. The van der Waals surface area contributed by atoms with E-state index in [4.69, 9.17) is 32.7 Å². The Hall–Kier alpha value is -4.01. The number of aromatic nitrogens is 3. The standard InChI is InChI=1S/C28H25Cl2N5O3/c1-16-6-4-5-7-22(16)34-27(36)25-17(2)33-28-31-15-32-35(28)26(25)19-9-11-23(24(13-19)37-3)38-14-18-8-10-20(29)21(30)12-18/h4-13,15,26H,14H2,1-3H3,(H,34,36)(H,31,32,33). The van der Waals surface area contributed by atoms with Gasteiger partial charge in [-0.15, -0.1) is 0 Å². The molecule has 5 rings (SSSR count). The number of amides is 1. The number of rotatable bonds is 7. The fourth-order valence-corrected chi connectivity index (χ4v) is 4.68. The summed E-state index contributed by atoms with van der Waals surface area (Å²) in [4.78, 5) is 17.9. The molecule has 0 fully saturated rings. The van der Waals surface area contributed by atoms with Crippen molar-refractivity contribution in [2.24, 2.45) is 0 Å². The minimum absolute atomic E-state index is 0.241.